The molecule has 2 heterocycles. The lowest BCUT2D eigenvalue weighted by molar-refractivity contribution is 0.0697. The lowest BCUT2D eigenvalue weighted by atomic mass is 9.94. The summed E-state index contributed by atoms with van der Waals surface area (Å²) in [6.07, 6.45) is 4.82. The molecule has 1 aromatic heterocycles. The molecule has 0 aliphatic carbocycles. The summed E-state index contributed by atoms with van der Waals surface area (Å²) in [4.78, 5) is 13.1. The Morgan fingerprint density at radius 1 is 1.53 bits per heavy atom. The Hall–Kier alpha value is -1.65. The summed E-state index contributed by atoms with van der Waals surface area (Å²) >= 11 is 0. The van der Waals surface area contributed by atoms with Crippen molar-refractivity contribution in [2.45, 2.75) is 26.2 Å². The molecule has 1 saturated heterocycles. The summed E-state index contributed by atoms with van der Waals surface area (Å²) in [7, 11) is 0. The van der Waals surface area contributed by atoms with Crippen molar-refractivity contribution in [2.75, 3.05) is 18.0 Å². The topological polar surface area (TPSA) is 66.3 Å². The van der Waals surface area contributed by atoms with E-state index in [2.05, 4.69) is 17.1 Å². The molecule has 1 N–H and O–H groups in total. The normalized spacial score (nSPS) is 17.1. The van der Waals surface area contributed by atoms with Gasteiger partial charge in [-0.2, -0.15) is 5.10 Å². The Morgan fingerprint density at radius 3 is 2.82 bits per heavy atom. The summed E-state index contributed by atoms with van der Waals surface area (Å²) < 4.78 is 0. The number of aromatic nitrogens is 2. The molecular formula is C12H17N3O2. The van der Waals surface area contributed by atoms with Gasteiger partial charge in [-0.3, -0.25) is 0 Å². The number of anilines is 1. The van der Waals surface area contributed by atoms with E-state index in [0.29, 0.717) is 5.82 Å². The molecule has 0 spiro atoms. The van der Waals surface area contributed by atoms with Crippen LogP contribution >= 0.6 is 0 Å². The van der Waals surface area contributed by atoms with Crippen LogP contribution in [0.3, 0.4) is 0 Å². The number of hydrogen-bond acceptors (Lipinski definition) is 4. The van der Waals surface area contributed by atoms with E-state index >= 15 is 0 Å². The van der Waals surface area contributed by atoms with Crippen LogP contribution in [-0.2, 0) is 0 Å². The zero-order valence-corrected chi connectivity index (χ0v) is 9.96. The third-order valence-corrected chi connectivity index (χ3v) is 3.42. The highest BCUT2D eigenvalue weighted by molar-refractivity contribution is 5.93. The van der Waals surface area contributed by atoms with Crippen LogP contribution < -0.4 is 4.90 Å². The number of rotatable bonds is 3. The maximum atomic E-state index is 11.1. The molecule has 5 nitrogen and oxygen atoms in total. The second kappa shape index (κ2) is 5.12. The first kappa shape index (κ1) is 11.8. The Morgan fingerprint density at radius 2 is 2.24 bits per heavy atom. The van der Waals surface area contributed by atoms with Gasteiger partial charge >= 0.3 is 5.97 Å². The molecule has 17 heavy (non-hydrogen) atoms. The second-order valence-electron chi connectivity index (χ2n) is 4.41. The molecule has 0 atom stereocenters. The SMILES string of the molecule is CCC1CCN(c2nnccc2C(=O)O)CC1. The van der Waals surface area contributed by atoms with Gasteiger partial charge in [0.1, 0.15) is 5.56 Å². The van der Waals surface area contributed by atoms with E-state index in [1.165, 1.54) is 18.7 Å². The van der Waals surface area contributed by atoms with E-state index in [1.807, 2.05) is 4.90 Å². The molecular weight excluding hydrogens is 218 g/mol. The molecule has 1 aliphatic rings. The van der Waals surface area contributed by atoms with E-state index in [-0.39, 0.29) is 5.56 Å². The molecule has 1 aromatic rings. The van der Waals surface area contributed by atoms with Crippen molar-refractivity contribution in [3.8, 4) is 0 Å². The smallest absolute Gasteiger partial charge is 0.339 e. The lowest BCUT2D eigenvalue weighted by Crippen LogP contribution is -2.35. The number of hydrogen-bond donors (Lipinski definition) is 1. The van der Waals surface area contributed by atoms with Gasteiger partial charge in [0, 0.05) is 13.1 Å². The van der Waals surface area contributed by atoms with Crippen LogP contribution in [0.5, 0.6) is 0 Å². The van der Waals surface area contributed by atoms with Gasteiger partial charge in [-0.15, -0.1) is 5.10 Å². The highest BCUT2D eigenvalue weighted by Gasteiger charge is 2.23. The molecule has 0 unspecified atom stereocenters. The summed E-state index contributed by atoms with van der Waals surface area (Å²) in [5.74, 6) is 0.332. The fourth-order valence-corrected chi connectivity index (χ4v) is 2.28. The minimum Gasteiger partial charge on any atom is -0.478 e. The van der Waals surface area contributed by atoms with Crippen molar-refractivity contribution >= 4 is 11.8 Å². The molecule has 92 valence electrons. The molecule has 2 rings (SSSR count). The predicted octanol–water partition coefficient (Wildman–Crippen LogP) is 1.80. The number of carboxylic acids is 1. The van der Waals surface area contributed by atoms with Crippen LogP contribution in [0.25, 0.3) is 0 Å². The van der Waals surface area contributed by atoms with Crippen molar-refractivity contribution in [1.29, 1.82) is 0 Å². The molecule has 5 heteroatoms. The monoisotopic (exact) mass is 235 g/mol. The zero-order chi connectivity index (χ0) is 12.3. The van der Waals surface area contributed by atoms with Crippen LogP contribution in [0.2, 0.25) is 0 Å². The van der Waals surface area contributed by atoms with E-state index in [9.17, 15) is 4.79 Å². The van der Waals surface area contributed by atoms with Gasteiger partial charge in [0.05, 0.1) is 6.20 Å². The molecule has 0 amide bonds. The summed E-state index contributed by atoms with van der Waals surface area (Å²) in [5.41, 5.74) is 0.245. The first-order valence-corrected chi connectivity index (χ1v) is 6.02. The second-order valence-corrected chi connectivity index (χ2v) is 4.41. The summed E-state index contributed by atoms with van der Waals surface area (Å²) in [6, 6.07) is 1.51. The number of carboxylic acid groups (broad SMARTS) is 1. The lowest BCUT2D eigenvalue weighted by Gasteiger charge is -2.32. The first-order valence-electron chi connectivity index (χ1n) is 6.02. The number of aromatic carboxylic acids is 1. The Labute approximate surface area is 100 Å². The van der Waals surface area contributed by atoms with Crippen LogP contribution in [0.4, 0.5) is 5.82 Å². The van der Waals surface area contributed by atoms with Crippen molar-refractivity contribution in [2.24, 2.45) is 5.92 Å². The first-order chi connectivity index (χ1) is 8.22. The van der Waals surface area contributed by atoms with E-state index in [4.69, 9.17) is 5.11 Å². The minimum atomic E-state index is -0.937. The molecule has 0 bridgehead atoms. The number of carbonyl (C=O) groups is 1. The largest absolute Gasteiger partial charge is 0.478 e. The molecule has 1 aliphatic heterocycles. The van der Waals surface area contributed by atoms with Crippen LogP contribution in [-0.4, -0.2) is 34.4 Å². The fraction of sp³-hybridized carbons (Fsp3) is 0.583. The van der Waals surface area contributed by atoms with Crippen molar-refractivity contribution < 1.29 is 9.90 Å². The summed E-state index contributed by atoms with van der Waals surface area (Å²) in [5, 5.41) is 16.9. The van der Waals surface area contributed by atoms with Gasteiger partial charge in [-0.25, -0.2) is 4.79 Å². The van der Waals surface area contributed by atoms with Crippen molar-refractivity contribution in [3.05, 3.63) is 17.8 Å². The quantitative estimate of drug-likeness (QED) is 0.865. The summed E-state index contributed by atoms with van der Waals surface area (Å²) in [6.45, 7) is 3.94. The maximum Gasteiger partial charge on any atom is 0.339 e. The van der Waals surface area contributed by atoms with Crippen LogP contribution in [0.1, 0.15) is 36.5 Å². The van der Waals surface area contributed by atoms with Crippen molar-refractivity contribution in [1.82, 2.24) is 10.2 Å². The molecule has 0 aromatic carbocycles. The highest BCUT2D eigenvalue weighted by atomic mass is 16.4. The van der Waals surface area contributed by atoms with E-state index < -0.39 is 5.97 Å². The van der Waals surface area contributed by atoms with Gasteiger partial charge in [0.25, 0.3) is 0 Å². The van der Waals surface area contributed by atoms with Gasteiger partial charge in [0.15, 0.2) is 5.82 Å². The Balaban J connectivity index is 2.15. The third kappa shape index (κ3) is 2.54. The van der Waals surface area contributed by atoms with Gasteiger partial charge < -0.3 is 10.0 Å². The maximum absolute atomic E-state index is 11.1. The van der Waals surface area contributed by atoms with Crippen LogP contribution in [0.15, 0.2) is 12.3 Å². The van der Waals surface area contributed by atoms with Gasteiger partial charge in [-0.1, -0.05) is 13.3 Å². The average Bonchev–Trinajstić information content (AvgIpc) is 2.39. The number of nitrogens with zero attached hydrogens (tertiary/aromatic N) is 3. The third-order valence-electron chi connectivity index (χ3n) is 3.42. The highest BCUT2D eigenvalue weighted by Crippen LogP contribution is 2.25. The molecule has 1 fully saturated rings. The molecule has 0 radical (unpaired) electrons. The fourth-order valence-electron chi connectivity index (χ4n) is 2.28. The Kier molecular flexibility index (Phi) is 3.56. The van der Waals surface area contributed by atoms with E-state index in [1.54, 1.807) is 0 Å². The zero-order valence-electron chi connectivity index (χ0n) is 9.96. The average molecular weight is 235 g/mol. The van der Waals surface area contributed by atoms with Gasteiger partial charge in [0.2, 0.25) is 0 Å². The van der Waals surface area contributed by atoms with Crippen molar-refractivity contribution in [3.63, 3.8) is 0 Å². The predicted molar refractivity (Wildman–Crippen MR) is 64.2 cm³/mol. The standard InChI is InChI=1S/C12H17N3O2/c1-2-9-4-7-15(8-5-9)11-10(12(16)17)3-6-13-14-11/h3,6,9H,2,4-5,7-8H2,1H3,(H,16,17). The van der Waals surface area contributed by atoms with Gasteiger partial charge in [-0.05, 0) is 24.8 Å². The number of piperidine rings is 1. The van der Waals surface area contributed by atoms with E-state index in [0.717, 1.165) is 31.8 Å². The Bertz CT molecular complexity index is 400. The minimum absolute atomic E-state index is 0.245. The van der Waals surface area contributed by atoms with Crippen LogP contribution in [0, 0.1) is 5.92 Å². The molecule has 0 saturated carbocycles.